The number of amides is 1. The number of hydrogen-bond acceptors (Lipinski definition) is 6. The Kier molecular flexibility index (Phi) is 5.01. The van der Waals surface area contributed by atoms with Gasteiger partial charge >= 0.3 is 0 Å². The standard InChI is InChI=1S/C18H19N5O2S/c24-17(13-26-18-19-20-21-23(18)15-8-9-15)22(12-16-7-4-10-25-16)11-14-5-2-1-3-6-14/h1-7,10,15H,8-9,11-13H2. The van der Waals surface area contributed by atoms with Gasteiger partial charge in [0.2, 0.25) is 11.1 Å². The van der Waals surface area contributed by atoms with Crippen LogP contribution in [0.3, 0.4) is 0 Å². The molecule has 8 heteroatoms. The van der Waals surface area contributed by atoms with E-state index in [0.29, 0.717) is 30.0 Å². The van der Waals surface area contributed by atoms with E-state index in [2.05, 4.69) is 15.5 Å². The molecule has 1 fully saturated rings. The van der Waals surface area contributed by atoms with Crippen LogP contribution in [0.2, 0.25) is 0 Å². The third-order valence-electron chi connectivity index (χ3n) is 4.18. The first-order chi connectivity index (χ1) is 12.8. The van der Waals surface area contributed by atoms with E-state index < -0.39 is 0 Å². The number of tetrazole rings is 1. The Labute approximate surface area is 155 Å². The highest BCUT2D eigenvalue weighted by Crippen LogP contribution is 2.36. The van der Waals surface area contributed by atoms with E-state index in [1.807, 2.05) is 47.1 Å². The molecule has 26 heavy (non-hydrogen) atoms. The summed E-state index contributed by atoms with van der Waals surface area (Å²) >= 11 is 1.39. The van der Waals surface area contributed by atoms with E-state index in [-0.39, 0.29) is 5.91 Å². The van der Waals surface area contributed by atoms with Gasteiger partial charge in [0.1, 0.15) is 5.76 Å². The molecule has 0 saturated heterocycles. The lowest BCUT2D eigenvalue weighted by atomic mass is 10.2. The Bertz CT molecular complexity index is 846. The number of furan rings is 1. The quantitative estimate of drug-likeness (QED) is 0.568. The predicted molar refractivity (Wildman–Crippen MR) is 96.2 cm³/mol. The minimum absolute atomic E-state index is 0.0283. The van der Waals surface area contributed by atoms with Crippen molar-refractivity contribution in [3.05, 3.63) is 60.1 Å². The van der Waals surface area contributed by atoms with Gasteiger partial charge in [-0.3, -0.25) is 4.79 Å². The van der Waals surface area contributed by atoms with Crippen molar-refractivity contribution in [2.45, 2.75) is 37.1 Å². The molecule has 3 aromatic rings. The van der Waals surface area contributed by atoms with Crippen molar-refractivity contribution in [2.75, 3.05) is 5.75 Å². The molecule has 0 bridgehead atoms. The van der Waals surface area contributed by atoms with Crippen molar-refractivity contribution in [1.82, 2.24) is 25.1 Å². The fraction of sp³-hybridized carbons (Fsp3) is 0.333. The van der Waals surface area contributed by atoms with Gasteiger partial charge in [0.15, 0.2) is 0 Å². The van der Waals surface area contributed by atoms with Crippen LogP contribution in [0.1, 0.15) is 30.2 Å². The van der Waals surface area contributed by atoms with Crippen molar-refractivity contribution in [3.63, 3.8) is 0 Å². The first-order valence-electron chi connectivity index (χ1n) is 8.54. The van der Waals surface area contributed by atoms with Gasteiger partial charge in [-0.15, -0.1) is 5.10 Å². The summed E-state index contributed by atoms with van der Waals surface area (Å²) < 4.78 is 7.25. The molecule has 1 aliphatic carbocycles. The zero-order valence-electron chi connectivity index (χ0n) is 14.2. The third-order valence-corrected chi connectivity index (χ3v) is 5.09. The number of thioether (sulfide) groups is 1. The van der Waals surface area contributed by atoms with Gasteiger partial charge in [-0.05, 0) is 41.0 Å². The molecule has 0 atom stereocenters. The lowest BCUT2D eigenvalue weighted by Crippen LogP contribution is -2.31. The number of nitrogens with zero attached hydrogens (tertiary/aromatic N) is 5. The first-order valence-corrected chi connectivity index (χ1v) is 9.53. The maximum atomic E-state index is 12.9. The van der Waals surface area contributed by atoms with E-state index in [1.54, 1.807) is 11.2 Å². The summed E-state index contributed by atoms with van der Waals surface area (Å²) in [5.74, 6) is 1.09. The Hall–Kier alpha value is -2.61. The van der Waals surface area contributed by atoms with Crippen molar-refractivity contribution in [1.29, 1.82) is 0 Å². The highest BCUT2D eigenvalue weighted by atomic mass is 32.2. The zero-order valence-corrected chi connectivity index (χ0v) is 15.0. The van der Waals surface area contributed by atoms with Crippen molar-refractivity contribution in [3.8, 4) is 0 Å². The highest BCUT2D eigenvalue weighted by molar-refractivity contribution is 7.99. The molecule has 0 N–H and O–H groups in total. The Morgan fingerprint density at radius 3 is 2.77 bits per heavy atom. The topological polar surface area (TPSA) is 77.1 Å². The number of benzene rings is 1. The summed E-state index contributed by atoms with van der Waals surface area (Å²) in [7, 11) is 0. The highest BCUT2D eigenvalue weighted by Gasteiger charge is 2.28. The zero-order chi connectivity index (χ0) is 17.8. The van der Waals surface area contributed by atoms with Crippen molar-refractivity contribution in [2.24, 2.45) is 0 Å². The molecular formula is C18H19N5O2S. The van der Waals surface area contributed by atoms with Crippen molar-refractivity contribution >= 4 is 17.7 Å². The van der Waals surface area contributed by atoms with Crippen LogP contribution < -0.4 is 0 Å². The molecule has 1 saturated carbocycles. The maximum absolute atomic E-state index is 12.9. The second-order valence-corrected chi connectivity index (χ2v) is 7.18. The molecule has 1 aromatic carbocycles. The van der Waals surface area contributed by atoms with Gasteiger partial charge in [-0.1, -0.05) is 42.1 Å². The minimum atomic E-state index is 0.0283. The van der Waals surface area contributed by atoms with Crippen LogP contribution in [0.25, 0.3) is 0 Å². The molecule has 0 unspecified atom stereocenters. The largest absolute Gasteiger partial charge is 0.467 e. The van der Waals surface area contributed by atoms with Crippen LogP contribution in [0.5, 0.6) is 0 Å². The smallest absolute Gasteiger partial charge is 0.233 e. The summed E-state index contributed by atoms with van der Waals surface area (Å²) in [6, 6.07) is 14.1. The van der Waals surface area contributed by atoms with Crippen molar-refractivity contribution < 1.29 is 9.21 Å². The number of hydrogen-bond donors (Lipinski definition) is 0. The van der Waals surface area contributed by atoms with Crippen LogP contribution in [0, 0.1) is 0 Å². The van der Waals surface area contributed by atoms with E-state index in [0.717, 1.165) is 24.2 Å². The molecule has 2 aromatic heterocycles. The predicted octanol–water partition coefficient (Wildman–Crippen LogP) is 2.92. The fourth-order valence-corrected chi connectivity index (χ4v) is 3.52. The molecule has 0 radical (unpaired) electrons. The molecule has 0 aliphatic heterocycles. The summed E-state index contributed by atoms with van der Waals surface area (Å²) in [6.45, 7) is 0.976. The summed E-state index contributed by atoms with van der Waals surface area (Å²) in [6.07, 6.45) is 3.83. The van der Waals surface area contributed by atoms with Crippen LogP contribution in [0.15, 0.2) is 58.3 Å². The lowest BCUT2D eigenvalue weighted by Gasteiger charge is -2.21. The summed E-state index contributed by atoms with van der Waals surface area (Å²) in [4.78, 5) is 14.6. The van der Waals surface area contributed by atoms with E-state index in [9.17, 15) is 4.79 Å². The Balaban J connectivity index is 1.43. The third kappa shape index (κ3) is 4.13. The average Bonchev–Trinajstić information content (AvgIpc) is 3.17. The van der Waals surface area contributed by atoms with Gasteiger partial charge in [0.25, 0.3) is 0 Å². The van der Waals surface area contributed by atoms with Crippen LogP contribution >= 0.6 is 11.8 Å². The second kappa shape index (κ2) is 7.74. The van der Waals surface area contributed by atoms with E-state index in [4.69, 9.17) is 4.42 Å². The lowest BCUT2D eigenvalue weighted by molar-refractivity contribution is -0.129. The van der Waals surface area contributed by atoms with Gasteiger partial charge < -0.3 is 9.32 Å². The molecule has 4 rings (SSSR count). The van der Waals surface area contributed by atoms with Crippen LogP contribution in [-0.4, -0.2) is 36.8 Å². The summed E-state index contributed by atoms with van der Waals surface area (Å²) in [5.41, 5.74) is 1.08. The molecule has 0 spiro atoms. The number of carbonyl (C=O) groups excluding carboxylic acids is 1. The monoisotopic (exact) mass is 369 g/mol. The molecular weight excluding hydrogens is 350 g/mol. The summed E-state index contributed by atoms with van der Waals surface area (Å²) in [5, 5.41) is 12.5. The SMILES string of the molecule is O=C(CSc1nnnn1C1CC1)N(Cc1ccccc1)Cc1ccco1. The molecule has 7 nitrogen and oxygen atoms in total. The number of carbonyl (C=O) groups is 1. The normalized spacial score (nSPS) is 13.7. The van der Waals surface area contributed by atoms with Crippen LogP contribution in [0.4, 0.5) is 0 Å². The molecule has 1 amide bonds. The maximum Gasteiger partial charge on any atom is 0.233 e. The molecule has 134 valence electrons. The fourth-order valence-electron chi connectivity index (χ4n) is 2.67. The minimum Gasteiger partial charge on any atom is -0.467 e. The van der Waals surface area contributed by atoms with Gasteiger partial charge in [-0.25, -0.2) is 4.68 Å². The van der Waals surface area contributed by atoms with Gasteiger partial charge in [0.05, 0.1) is 24.6 Å². The average molecular weight is 369 g/mol. The van der Waals surface area contributed by atoms with E-state index >= 15 is 0 Å². The van der Waals surface area contributed by atoms with Gasteiger partial charge in [-0.2, -0.15) is 0 Å². The number of aromatic nitrogens is 4. The first kappa shape index (κ1) is 16.8. The van der Waals surface area contributed by atoms with Crippen LogP contribution in [-0.2, 0) is 17.9 Å². The number of rotatable bonds is 8. The van der Waals surface area contributed by atoms with E-state index in [1.165, 1.54) is 11.8 Å². The van der Waals surface area contributed by atoms with Gasteiger partial charge in [0, 0.05) is 6.54 Å². The molecule has 2 heterocycles. The second-order valence-electron chi connectivity index (χ2n) is 6.24. The Morgan fingerprint density at radius 2 is 2.04 bits per heavy atom. The molecule has 1 aliphatic rings. The Morgan fingerprint density at radius 1 is 1.19 bits per heavy atom.